The predicted molar refractivity (Wildman–Crippen MR) is 88.2 cm³/mol. The van der Waals surface area contributed by atoms with Gasteiger partial charge < -0.3 is 5.32 Å². The molecule has 2 unspecified atom stereocenters. The normalized spacial score (nSPS) is 26.6. The lowest BCUT2D eigenvalue weighted by Crippen LogP contribution is -2.42. The maximum Gasteiger partial charge on any atom is 0.00254 e. The average molecular weight is 273 g/mol. The molecule has 0 amide bonds. The Hall–Kier alpha value is -0.820. The van der Waals surface area contributed by atoms with E-state index in [9.17, 15) is 0 Å². The molecular weight excluding hydrogens is 242 g/mol. The first-order valence-corrected chi connectivity index (χ1v) is 8.52. The smallest absolute Gasteiger partial charge is 0.00254 e. The standard InChI is InChI=1S/C19H31N/c1-3-4-5-6-10-13-19(2)14-15-20-16-18(19)17-11-8-7-9-12-17/h7-9,11-12,18,20H,3-6,10,13-16H2,1-2H3. The highest BCUT2D eigenvalue weighted by Crippen LogP contribution is 2.44. The Labute approximate surface area is 125 Å². The van der Waals surface area contributed by atoms with Crippen LogP contribution in [0.3, 0.4) is 0 Å². The molecule has 0 saturated carbocycles. The van der Waals surface area contributed by atoms with Gasteiger partial charge in [-0.05, 0) is 30.4 Å². The first-order valence-electron chi connectivity index (χ1n) is 8.52. The zero-order valence-corrected chi connectivity index (χ0v) is 13.3. The van der Waals surface area contributed by atoms with E-state index in [0.717, 1.165) is 6.54 Å². The summed E-state index contributed by atoms with van der Waals surface area (Å²) in [5.41, 5.74) is 2.01. The van der Waals surface area contributed by atoms with Crippen LogP contribution in [0.4, 0.5) is 0 Å². The van der Waals surface area contributed by atoms with Gasteiger partial charge in [0.15, 0.2) is 0 Å². The van der Waals surface area contributed by atoms with Crippen molar-refractivity contribution < 1.29 is 0 Å². The van der Waals surface area contributed by atoms with Crippen molar-refractivity contribution in [2.75, 3.05) is 13.1 Å². The van der Waals surface area contributed by atoms with Gasteiger partial charge in [-0.3, -0.25) is 0 Å². The molecule has 1 heterocycles. The summed E-state index contributed by atoms with van der Waals surface area (Å²) >= 11 is 0. The lowest BCUT2D eigenvalue weighted by Gasteiger charge is -2.42. The molecule has 0 spiro atoms. The third-order valence-electron chi connectivity index (χ3n) is 5.12. The number of hydrogen-bond acceptors (Lipinski definition) is 1. The minimum atomic E-state index is 0.485. The van der Waals surface area contributed by atoms with E-state index >= 15 is 0 Å². The molecule has 1 aromatic carbocycles. The first kappa shape index (κ1) is 15.6. The molecule has 1 aliphatic rings. The van der Waals surface area contributed by atoms with E-state index in [1.807, 2.05) is 0 Å². The maximum absolute atomic E-state index is 3.60. The number of hydrogen-bond donors (Lipinski definition) is 1. The molecule has 112 valence electrons. The highest BCUT2D eigenvalue weighted by Gasteiger charge is 2.36. The van der Waals surface area contributed by atoms with Crippen LogP contribution < -0.4 is 5.32 Å². The fraction of sp³-hybridized carbons (Fsp3) is 0.684. The van der Waals surface area contributed by atoms with Crippen molar-refractivity contribution in [3.05, 3.63) is 35.9 Å². The van der Waals surface area contributed by atoms with Crippen molar-refractivity contribution in [3.63, 3.8) is 0 Å². The number of rotatable bonds is 7. The quantitative estimate of drug-likeness (QED) is 0.679. The first-order chi connectivity index (χ1) is 9.76. The van der Waals surface area contributed by atoms with Gasteiger partial charge in [-0.15, -0.1) is 0 Å². The number of nitrogens with one attached hydrogen (secondary N) is 1. The second kappa shape index (κ2) is 7.83. The average Bonchev–Trinajstić information content (AvgIpc) is 2.48. The van der Waals surface area contributed by atoms with E-state index < -0.39 is 0 Å². The summed E-state index contributed by atoms with van der Waals surface area (Å²) in [5, 5.41) is 3.60. The minimum absolute atomic E-state index is 0.485. The van der Waals surface area contributed by atoms with E-state index in [-0.39, 0.29) is 0 Å². The molecule has 2 rings (SSSR count). The summed E-state index contributed by atoms with van der Waals surface area (Å²) in [6.45, 7) is 7.15. The summed E-state index contributed by atoms with van der Waals surface area (Å²) in [6, 6.07) is 11.1. The van der Waals surface area contributed by atoms with Crippen molar-refractivity contribution >= 4 is 0 Å². The van der Waals surface area contributed by atoms with Gasteiger partial charge in [-0.2, -0.15) is 0 Å². The Morgan fingerprint density at radius 1 is 1.10 bits per heavy atom. The Morgan fingerprint density at radius 2 is 1.85 bits per heavy atom. The van der Waals surface area contributed by atoms with E-state index in [1.54, 1.807) is 0 Å². The minimum Gasteiger partial charge on any atom is -0.316 e. The maximum atomic E-state index is 3.60. The van der Waals surface area contributed by atoms with E-state index in [1.165, 1.54) is 57.1 Å². The Kier molecular flexibility index (Phi) is 6.09. The van der Waals surface area contributed by atoms with Gasteiger partial charge in [0.2, 0.25) is 0 Å². The SMILES string of the molecule is CCCCCCCC1(C)CCNCC1c1ccccc1. The number of piperidine rings is 1. The third-order valence-corrected chi connectivity index (χ3v) is 5.12. The van der Waals surface area contributed by atoms with Crippen molar-refractivity contribution in [1.29, 1.82) is 0 Å². The van der Waals surface area contributed by atoms with Gasteiger partial charge in [0.1, 0.15) is 0 Å². The highest BCUT2D eigenvalue weighted by atomic mass is 14.9. The molecule has 1 fully saturated rings. The molecule has 0 bridgehead atoms. The molecule has 1 aliphatic heterocycles. The van der Waals surface area contributed by atoms with Crippen molar-refractivity contribution in [2.24, 2.45) is 5.41 Å². The van der Waals surface area contributed by atoms with Gasteiger partial charge >= 0.3 is 0 Å². The van der Waals surface area contributed by atoms with Crippen LogP contribution in [0.5, 0.6) is 0 Å². The molecule has 1 heteroatoms. The summed E-state index contributed by atoms with van der Waals surface area (Å²) in [5.74, 6) is 0.684. The Balaban J connectivity index is 1.94. The largest absolute Gasteiger partial charge is 0.316 e. The second-order valence-corrected chi connectivity index (χ2v) is 6.74. The van der Waals surface area contributed by atoms with Crippen LogP contribution >= 0.6 is 0 Å². The monoisotopic (exact) mass is 273 g/mol. The topological polar surface area (TPSA) is 12.0 Å². The summed E-state index contributed by atoms with van der Waals surface area (Å²) in [7, 11) is 0. The van der Waals surface area contributed by atoms with Gasteiger partial charge in [0.25, 0.3) is 0 Å². The van der Waals surface area contributed by atoms with E-state index in [4.69, 9.17) is 0 Å². The molecule has 1 aromatic rings. The van der Waals surface area contributed by atoms with Crippen LogP contribution in [-0.4, -0.2) is 13.1 Å². The lowest BCUT2D eigenvalue weighted by molar-refractivity contribution is 0.167. The van der Waals surface area contributed by atoms with Crippen molar-refractivity contribution in [1.82, 2.24) is 5.32 Å². The van der Waals surface area contributed by atoms with Crippen LogP contribution in [0.1, 0.15) is 70.3 Å². The predicted octanol–water partition coefficient (Wildman–Crippen LogP) is 5.13. The van der Waals surface area contributed by atoms with Crippen LogP contribution in [0, 0.1) is 5.41 Å². The molecular formula is C19H31N. The molecule has 0 aromatic heterocycles. The molecule has 0 aliphatic carbocycles. The fourth-order valence-electron chi connectivity index (χ4n) is 3.68. The number of unbranched alkanes of at least 4 members (excludes halogenated alkanes) is 4. The van der Waals surface area contributed by atoms with Crippen LogP contribution in [0.25, 0.3) is 0 Å². The highest BCUT2D eigenvalue weighted by molar-refractivity contribution is 5.23. The zero-order chi connectivity index (χ0) is 14.3. The summed E-state index contributed by atoms with van der Waals surface area (Å²) in [4.78, 5) is 0. The molecule has 0 radical (unpaired) electrons. The number of benzene rings is 1. The molecule has 2 atom stereocenters. The zero-order valence-electron chi connectivity index (χ0n) is 13.3. The van der Waals surface area contributed by atoms with Crippen molar-refractivity contribution in [3.8, 4) is 0 Å². The molecule has 1 saturated heterocycles. The summed E-state index contributed by atoms with van der Waals surface area (Å²) < 4.78 is 0. The third kappa shape index (κ3) is 4.09. The van der Waals surface area contributed by atoms with Gasteiger partial charge in [0.05, 0.1) is 0 Å². The molecule has 1 nitrogen and oxygen atoms in total. The van der Waals surface area contributed by atoms with Crippen LogP contribution in [-0.2, 0) is 0 Å². The Bertz CT molecular complexity index is 373. The lowest BCUT2D eigenvalue weighted by atomic mass is 9.66. The molecule has 1 N–H and O–H groups in total. The fourth-order valence-corrected chi connectivity index (χ4v) is 3.68. The second-order valence-electron chi connectivity index (χ2n) is 6.74. The van der Waals surface area contributed by atoms with E-state index in [2.05, 4.69) is 49.5 Å². The van der Waals surface area contributed by atoms with Gasteiger partial charge in [0, 0.05) is 12.5 Å². The summed E-state index contributed by atoms with van der Waals surface area (Å²) in [6.07, 6.45) is 9.69. The van der Waals surface area contributed by atoms with E-state index in [0.29, 0.717) is 11.3 Å². The van der Waals surface area contributed by atoms with Crippen molar-refractivity contribution in [2.45, 2.75) is 64.7 Å². The van der Waals surface area contributed by atoms with Gasteiger partial charge in [-0.1, -0.05) is 76.3 Å². The molecule has 20 heavy (non-hydrogen) atoms. The van der Waals surface area contributed by atoms with Crippen LogP contribution in [0.15, 0.2) is 30.3 Å². The van der Waals surface area contributed by atoms with Gasteiger partial charge in [-0.25, -0.2) is 0 Å². The Morgan fingerprint density at radius 3 is 2.60 bits per heavy atom. The van der Waals surface area contributed by atoms with Crippen LogP contribution in [0.2, 0.25) is 0 Å².